The molecule has 0 unspecified atom stereocenters. The lowest BCUT2D eigenvalue weighted by molar-refractivity contribution is 0.114. The summed E-state index contributed by atoms with van der Waals surface area (Å²) in [5.74, 6) is 2.21. The molecule has 1 aliphatic heterocycles. The Kier molecular flexibility index (Phi) is 5.29. The Hall–Kier alpha value is -1.66. The SMILES string of the molecule is CC(C)c1cnc(CN2CCN(Cc3cnn(C(C)(C)C)c3)CC2)o1. The van der Waals surface area contributed by atoms with E-state index in [2.05, 4.69) is 60.7 Å². The van der Waals surface area contributed by atoms with Crippen molar-refractivity contribution in [1.82, 2.24) is 24.6 Å². The van der Waals surface area contributed by atoms with Crippen LogP contribution in [-0.4, -0.2) is 50.7 Å². The van der Waals surface area contributed by atoms with Crippen LogP contribution in [0.25, 0.3) is 0 Å². The number of rotatable bonds is 5. The van der Waals surface area contributed by atoms with Gasteiger partial charge in [0.15, 0.2) is 0 Å². The minimum Gasteiger partial charge on any atom is -0.444 e. The highest BCUT2D eigenvalue weighted by molar-refractivity contribution is 5.05. The third kappa shape index (κ3) is 4.70. The van der Waals surface area contributed by atoms with Crippen LogP contribution >= 0.6 is 0 Å². The predicted octanol–water partition coefficient (Wildman–Crippen LogP) is 3.07. The van der Waals surface area contributed by atoms with Crippen LogP contribution in [-0.2, 0) is 18.6 Å². The molecule has 2 aromatic rings. The van der Waals surface area contributed by atoms with Crippen molar-refractivity contribution in [2.75, 3.05) is 26.2 Å². The van der Waals surface area contributed by atoms with Gasteiger partial charge in [-0.3, -0.25) is 14.5 Å². The van der Waals surface area contributed by atoms with Crippen LogP contribution in [0.4, 0.5) is 0 Å². The maximum Gasteiger partial charge on any atom is 0.208 e. The maximum absolute atomic E-state index is 5.83. The number of aromatic nitrogens is 3. The van der Waals surface area contributed by atoms with Crippen molar-refractivity contribution in [3.63, 3.8) is 0 Å². The average Bonchev–Trinajstić information content (AvgIpc) is 3.18. The summed E-state index contributed by atoms with van der Waals surface area (Å²) in [6, 6.07) is 0. The summed E-state index contributed by atoms with van der Waals surface area (Å²) in [6.45, 7) is 16.8. The van der Waals surface area contributed by atoms with E-state index in [-0.39, 0.29) is 5.54 Å². The van der Waals surface area contributed by atoms with Gasteiger partial charge in [0, 0.05) is 50.4 Å². The van der Waals surface area contributed by atoms with Gasteiger partial charge in [0.05, 0.1) is 24.5 Å². The van der Waals surface area contributed by atoms with E-state index in [9.17, 15) is 0 Å². The van der Waals surface area contributed by atoms with Gasteiger partial charge in [-0.25, -0.2) is 4.98 Å². The van der Waals surface area contributed by atoms with Crippen molar-refractivity contribution < 1.29 is 4.42 Å². The fraction of sp³-hybridized carbons (Fsp3) is 0.684. The highest BCUT2D eigenvalue weighted by atomic mass is 16.4. The fourth-order valence-electron chi connectivity index (χ4n) is 3.03. The smallest absolute Gasteiger partial charge is 0.208 e. The van der Waals surface area contributed by atoms with E-state index in [1.165, 1.54) is 5.56 Å². The standard InChI is InChI=1S/C19H31N5O/c1-15(2)17-11-20-18(25-17)14-23-8-6-22(7-9-23)12-16-10-21-24(13-16)19(3,4)5/h10-11,13,15H,6-9,12,14H2,1-5H3. The van der Waals surface area contributed by atoms with E-state index in [0.29, 0.717) is 5.92 Å². The van der Waals surface area contributed by atoms with Crippen molar-refractivity contribution in [2.24, 2.45) is 0 Å². The first-order valence-electron chi connectivity index (χ1n) is 9.24. The Morgan fingerprint density at radius 2 is 1.68 bits per heavy atom. The van der Waals surface area contributed by atoms with Gasteiger partial charge >= 0.3 is 0 Å². The van der Waals surface area contributed by atoms with E-state index in [1.807, 2.05) is 17.1 Å². The van der Waals surface area contributed by atoms with Crippen LogP contribution in [0.3, 0.4) is 0 Å². The predicted molar refractivity (Wildman–Crippen MR) is 98.4 cm³/mol. The number of hydrogen-bond donors (Lipinski definition) is 0. The van der Waals surface area contributed by atoms with Gasteiger partial charge in [-0.1, -0.05) is 13.8 Å². The molecule has 1 saturated heterocycles. The molecule has 6 heteroatoms. The minimum absolute atomic E-state index is 0.0435. The molecule has 1 fully saturated rings. The second kappa shape index (κ2) is 7.30. The number of nitrogens with zero attached hydrogens (tertiary/aromatic N) is 5. The van der Waals surface area contributed by atoms with Crippen molar-refractivity contribution >= 4 is 0 Å². The third-order valence-corrected chi connectivity index (χ3v) is 4.69. The third-order valence-electron chi connectivity index (χ3n) is 4.69. The molecule has 2 aromatic heterocycles. The van der Waals surface area contributed by atoms with E-state index in [0.717, 1.165) is 50.9 Å². The highest BCUT2D eigenvalue weighted by Crippen LogP contribution is 2.18. The largest absolute Gasteiger partial charge is 0.444 e. The van der Waals surface area contributed by atoms with Gasteiger partial charge in [-0.2, -0.15) is 5.10 Å². The molecule has 0 aromatic carbocycles. The Labute approximate surface area is 150 Å². The summed E-state index contributed by atoms with van der Waals surface area (Å²) >= 11 is 0. The van der Waals surface area contributed by atoms with Crippen LogP contribution in [0.15, 0.2) is 23.0 Å². The summed E-state index contributed by atoms with van der Waals surface area (Å²) in [6.07, 6.45) is 6.04. The molecule has 1 aliphatic rings. The average molecular weight is 345 g/mol. The first kappa shape index (κ1) is 18.1. The summed E-state index contributed by atoms with van der Waals surface area (Å²) in [7, 11) is 0. The summed E-state index contributed by atoms with van der Waals surface area (Å²) < 4.78 is 7.88. The Morgan fingerprint density at radius 3 is 2.20 bits per heavy atom. The van der Waals surface area contributed by atoms with Crippen molar-refractivity contribution in [2.45, 2.75) is 59.2 Å². The van der Waals surface area contributed by atoms with Crippen LogP contribution in [0, 0.1) is 0 Å². The molecule has 0 amide bonds. The van der Waals surface area contributed by atoms with Gasteiger partial charge < -0.3 is 4.42 Å². The van der Waals surface area contributed by atoms with Crippen molar-refractivity contribution in [3.05, 3.63) is 35.8 Å². The molecule has 0 N–H and O–H groups in total. The van der Waals surface area contributed by atoms with Gasteiger partial charge in [-0.05, 0) is 20.8 Å². The molecule has 3 heterocycles. The molecule has 0 bridgehead atoms. The van der Waals surface area contributed by atoms with E-state index in [4.69, 9.17) is 4.42 Å². The quantitative estimate of drug-likeness (QED) is 0.833. The summed E-state index contributed by atoms with van der Waals surface area (Å²) in [5.41, 5.74) is 1.33. The van der Waals surface area contributed by atoms with E-state index in [1.54, 1.807) is 0 Å². The molecular weight excluding hydrogens is 314 g/mol. The lowest BCUT2D eigenvalue weighted by Crippen LogP contribution is -2.45. The van der Waals surface area contributed by atoms with Crippen molar-refractivity contribution in [3.8, 4) is 0 Å². The molecule has 138 valence electrons. The van der Waals surface area contributed by atoms with Crippen LogP contribution in [0.1, 0.15) is 57.8 Å². The van der Waals surface area contributed by atoms with Crippen LogP contribution in [0.5, 0.6) is 0 Å². The van der Waals surface area contributed by atoms with Gasteiger partial charge in [0.2, 0.25) is 5.89 Å². The zero-order valence-electron chi connectivity index (χ0n) is 16.2. The molecule has 0 atom stereocenters. The molecule has 0 spiro atoms. The molecular formula is C19H31N5O. The highest BCUT2D eigenvalue weighted by Gasteiger charge is 2.20. The zero-order valence-corrected chi connectivity index (χ0v) is 16.2. The summed E-state index contributed by atoms with van der Waals surface area (Å²) in [5, 5.41) is 4.50. The lowest BCUT2D eigenvalue weighted by Gasteiger charge is -2.33. The second-order valence-corrected chi connectivity index (χ2v) is 8.33. The first-order chi connectivity index (χ1) is 11.8. The number of hydrogen-bond acceptors (Lipinski definition) is 5. The molecule has 0 aliphatic carbocycles. The maximum atomic E-state index is 5.83. The fourth-order valence-corrected chi connectivity index (χ4v) is 3.03. The first-order valence-corrected chi connectivity index (χ1v) is 9.24. The molecule has 6 nitrogen and oxygen atoms in total. The lowest BCUT2D eigenvalue weighted by atomic mass is 10.1. The molecule has 0 saturated carbocycles. The van der Waals surface area contributed by atoms with Crippen LogP contribution in [0.2, 0.25) is 0 Å². The normalized spacial score (nSPS) is 17.5. The topological polar surface area (TPSA) is 50.3 Å². The van der Waals surface area contributed by atoms with Gasteiger partial charge in [0.1, 0.15) is 5.76 Å². The number of piperazine rings is 1. The monoisotopic (exact) mass is 345 g/mol. The molecule has 0 radical (unpaired) electrons. The van der Waals surface area contributed by atoms with Crippen molar-refractivity contribution in [1.29, 1.82) is 0 Å². The second-order valence-electron chi connectivity index (χ2n) is 8.33. The minimum atomic E-state index is 0.0435. The molecule has 25 heavy (non-hydrogen) atoms. The number of oxazole rings is 1. The van der Waals surface area contributed by atoms with Crippen LogP contribution < -0.4 is 0 Å². The molecule has 3 rings (SSSR count). The Balaban J connectivity index is 1.47. The van der Waals surface area contributed by atoms with E-state index < -0.39 is 0 Å². The summed E-state index contributed by atoms with van der Waals surface area (Å²) in [4.78, 5) is 9.33. The zero-order chi connectivity index (χ0) is 18.0. The van der Waals surface area contributed by atoms with Gasteiger partial charge in [0.25, 0.3) is 0 Å². The Bertz CT molecular complexity index is 674. The van der Waals surface area contributed by atoms with E-state index >= 15 is 0 Å². The Morgan fingerprint density at radius 1 is 1.04 bits per heavy atom. The van der Waals surface area contributed by atoms with Gasteiger partial charge in [-0.15, -0.1) is 0 Å².